The van der Waals surface area contributed by atoms with Crippen LogP contribution in [0.15, 0.2) is 42.5 Å². The van der Waals surface area contributed by atoms with E-state index in [9.17, 15) is 5.11 Å². The normalized spacial score (nSPS) is 14.1. The summed E-state index contributed by atoms with van der Waals surface area (Å²) >= 11 is 0. The van der Waals surface area contributed by atoms with Crippen LogP contribution in [-0.4, -0.2) is 58.3 Å². The number of phenols is 1. The summed E-state index contributed by atoms with van der Waals surface area (Å²) in [4.78, 5) is 23.2. The van der Waals surface area contributed by atoms with Crippen molar-refractivity contribution >= 4 is 17.6 Å². The molecule has 0 aliphatic carbocycles. The lowest BCUT2D eigenvalue weighted by atomic mass is 10.1. The molecule has 0 spiro atoms. The van der Waals surface area contributed by atoms with Crippen molar-refractivity contribution in [3.8, 4) is 5.75 Å². The minimum Gasteiger partial charge on any atom is -0.508 e. The molecule has 7 heteroatoms. The van der Waals surface area contributed by atoms with Crippen molar-refractivity contribution in [2.45, 2.75) is 20.4 Å². The molecule has 2 aromatic rings. The summed E-state index contributed by atoms with van der Waals surface area (Å²) in [6.07, 6.45) is 0. The van der Waals surface area contributed by atoms with Crippen LogP contribution in [0.2, 0.25) is 0 Å². The van der Waals surface area contributed by atoms with Crippen molar-refractivity contribution in [3.63, 3.8) is 0 Å². The quantitative estimate of drug-likeness (QED) is 0.697. The summed E-state index contributed by atoms with van der Waals surface area (Å²) in [7, 11) is 0. The molecule has 0 saturated carbocycles. The number of carboxylic acid groups (broad SMARTS) is 2. The van der Waals surface area contributed by atoms with Gasteiger partial charge in [0.05, 0.1) is 0 Å². The molecule has 7 nitrogen and oxygen atoms in total. The molecule has 0 amide bonds. The van der Waals surface area contributed by atoms with Crippen molar-refractivity contribution in [3.05, 3.63) is 59.2 Å². The largest absolute Gasteiger partial charge is 0.508 e. The van der Waals surface area contributed by atoms with E-state index in [1.54, 1.807) is 12.1 Å². The summed E-state index contributed by atoms with van der Waals surface area (Å²) in [5, 5.41) is 24.1. The van der Waals surface area contributed by atoms with Gasteiger partial charge in [0, 0.05) is 38.4 Å². The first-order chi connectivity index (χ1) is 13.3. The highest BCUT2D eigenvalue weighted by Gasteiger charge is 2.18. The third kappa shape index (κ3) is 5.99. The zero-order valence-electron chi connectivity index (χ0n) is 16.1. The lowest BCUT2D eigenvalue weighted by molar-refractivity contribution is -0.159. The van der Waals surface area contributed by atoms with Gasteiger partial charge in [0.15, 0.2) is 0 Å². The van der Waals surface area contributed by atoms with Gasteiger partial charge >= 0.3 is 11.9 Å². The van der Waals surface area contributed by atoms with E-state index in [2.05, 4.69) is 41.8 Å². The first-order valence-electron chi connectivity index (χ1n) is 9.05. The third-order valence-electron chi connectivity index (χ3n) is 4.81. The van der Waals surface area contributed by atoms with Crippen LogP contribution in [0, 0.1) is 13.8 Å². The molecule has 1 heterocycles. The van der Waals surface area contributed by atoms with E-state index in [4.69, 9.17) is 19.8 Å². The van der Waals surface area contributed by atoms with Crippen LogP contribution in [0.5, 0.6) is 5.75 Å². The molecule has 1 saturated heterocycles. The molecule has 0 unspecified atom stereocenters. The number of carboxylic acids is 2. The average molecular weight is 386 g/mol. The second-order valence-electron chi connectivity index (χ2n) is 6.76. The van der Waals surface area contributed by atoms with Crippen LogP contribution in [0.3, 0.4) is 0 Å². The fourth-order valence-corrected chi connectivity index (χ4v) is 3.08. The number of hydrogen-bond donors (Lipinski definition) is 3. The number of benzene rings is 2. The van der Waals surface area contributed by atoms with Crippen molar-refractivity contribution in [2.24, 2.45) is 0 Å². The molecule has 28 heavy (non-hydrogen) atoms. The van der Waals surface area contributed by atoms with Crippen molar-refractivity contribution in [2.75, 3.05) is 31.1 Å². The van der Waals surface area contributed by atoms with E-state index in [1.807, 2.05) is 12.1 Å². The van der Waals surface area contributed by atoms with Crippen LogP contribution < -0.4 is 4.90 Å². The molecule has 0 atom stereocenters. The summed E-state index contributed by atoms with van der Waals surface area (Å²) in [6, 6.07) is 14.1. The number of hydrogen-bond acceptors (Lipinski definition) is 5. The number of aromatic hydroxyl groups is 1. The molecule has 1 aliphatic heterocycles. The van der Waals surface area contributed by atoms with Gasteiger partial charge in [0.1, 0.15) is 5.75 Å². The van der Waals surface area contributed by atoms with Gasteiger partial charge in [-0.15, -0.1) is 0 Å². The minimum absolute atomic E-state index is 0.337. The molecular formula is C21H26N2O5. The Bertz CT molecular complexity index is 800. The molecule has 3 rings (SSSR count). The number of rotatable bonds is 3. The van der Waals surface area contributed by atoms with Gasteiger partial charge in [-0.05, 0) is 48.7 Å². The van der Waals surface area contributed by atoms with Crippen LogP contribution in [0.25, 0.3) is 0 Å². The highest BCUT2D eigenvalue weighted by Crippen LogP contribution is 2.24. The maximum Gasteiger partial charge on any atom is 0.414 e. The number of nitrogens with zero attached hydrogens (tertiary/aromatic N) is 2. The van der Waals surface area contributed by atoms with Gasteiger partial charge in [-0.1, -0.05) is 24.3 Å². The SMILES string of the molecule is Cc1cccc(N2CCN(Cc3ccc(O)cc3)CC2)c1C.O=C(O)C(=O)O. The Balaban J connectivity index is 0.000000409. The predicted molar refractivity (Wildman–Crippen MR) is 107 cm³/mol. The van der Waals surface area contributed by atoms with E-state index in [-0.39, 0.29) is 0 Å². The zero-order chi connectivity index (χ0) is 20.7. The molecule has 3 N–H and O–H groups in total. The van der Waals surface area contributed by atoms with Crippen LogP contribution in [0.1, 0.15) is 16.7 Å². The topological polar surface area (TPSA) is 101 Å². The van der Waals surface area contributed by atoms with E-state index in [0.29, 0.717) is 5.75 Å². The highest BCUT2D eigenvalue weighted by molar-refractivity contribution is 6.27. The Morgan fingerprint density at radius 1 is 0.893 bits per heavy atom. The lowest BCUT2D eigenvalue weighted by Gasteiger charge is -2.37. The van der Waals surface area contributed by atoms with Gasteiger partial charge in [-0.2, -0.15) is 0 Å². The minimum atomic E-state index is -1.82. The third-order valence-corrected chi connectivity index (χ3v) is 4.81. The number of anilines is 1. The van der Waals surface area contributed by atoms with E-state index in [0.717, 1.165) is 32.7 Å². The van der Waals surface area contributed by atoms with Gasteiger partial charge in [-0.3, -0.25) is 4.90 Å². The molecule has 0 radical (unpaired) electrons. The number of phenolic OH excluding ortho intramolecular Hbond substituents is 1. The lowest BCUT2D eigenvalue weighted by Crippen LogP contribution is -2.46. The molecular weight excluding hydrogens is 360 g/mol. The fourth-order valence-electron chi connectivity index (χ4n) is 3.08. The summed E-state index contributed by atoms with van der Waals surface area (Å²) in [5.74, 6) is -3.31. The molecule has 2 aromatic carbocycles. The van der Waals surface area contributed by atoms with Gasteiger partial charge < -0.3 is 20.2 Å². The first-order valence-corrected chi connectivity index (χ1v) is 9.05. The standard InChI is InChI=1S/C19H24N2O.C2H2O4/c1-15-4-3-5-19(16(15)2)21-12-10-20(11-13-21)14-17-6-8-18(22)9-7-17;3-1(4)2(5)6/h3-9,22H,10-14H2,1-2H3;(H,3,4)(H,5,6). The van der Waals surface area contributed by atoms with Crippen molar-refractivity contribution in [1.82, 2.24) is 4.90 Å². The molecule has 1 aliphatic rings. The van der Waals surface area contributed by atoms with Crippen molar-refractivity contribution in [1.29, 1.82) is 0 Å². The molecule has 0 aromatic heterocycles. The van der Waals surface area contributed by atoms with Crippen LogP contribution >= 0.6 is 0 Å². The second kappa shape index (κ2) is 9.75. The van der Waals surface area contributed by atoms with Crippen molar-refractivity contribution < 1.29 is 24.9 Å². The van der Waals surface area contributed by atoms with E-state index >= 15 is 0 Å². The predicted octanol–water partition coefficient (Wildman–Crippen LogP) is 2.49. The summed E-state index contributed by atoms with van der Waals surface area (Å²) in [6.45, 7) is 9.65. The molecule has 0 bridgehead atoms. The highest BCUT2D eigenvalue weighted by atomic mass is 16.4. The Kier molecular flexibility index (Phi) is 7.40. The Hall–Kier alpha value is -3.06. The maximum absolute atomic E-state index is 9.35. The average Bonchev–Trinajstić information content (AvgIpc) is 2.67. The smallest absolute Gasteiger partial charge is 0.414 e. The van der Waals surface area contributed by atoms with E-state index < -0.39 is 11.9 Å². The summed E-state index contributed by atoms with van der Waals surface area (Å²) in [5.41, 5.74) is 5.40. The fraction of sp³-hybridized carbons (Fsp3) is 0.333. The number of carbonyl (C=O) groups is 2. The van der Waals surface area contributed by atoms with Crippen LogP contribution in [-0.2, 0) is 16.1 Å². The second-order valence-corrected chi connectivity index (χ2v) is 6.76. The Morgan fingerprint density at radius 3 is 2.00 bits per heavy atom. The monoisotopic (exact) mass is 386 g/mol. The van der Waals surface area contributed by atoms with Crippen LogP contribution in [0.4, 0.5) is 5.69 Å². The Labute approximate surface area is 164 Å². The molecule has 150 valence electrons. The Morgan fingerprint density at radius 2 is 1.46 bits per heavy atom. The first kappa shape index (κ1) is 21.2. The molecule has 1 fully saturated rings. The number of piperazine rings is 1. The van der Waals surface area contributed by atoms with Gasteiger partial charge in [-0.25, -0.2) is 9.59 Å². The number of aryl methyl sites for hydroxylation is 1. The summed E-state index contributed by atoms with van der Waals surface area (Å²) < 4.78 is 0. The van der Waals surface area contributed by atoms with Gasteiger partial charge in [0.2, 0.25) is 0 Å². The van der Waals surface area contributed by atoms with E-state index in [1.165, 1.54) is 22.4 Å². The maximum atomic E-state index is 9.35. The zero-order valence-corrected chi connectivity index (χ0v) is 16.1. The number of aliphatic carboxylic acids is 2. The van der Waals surface area contributed by atoms with Gasteiger partial charge in [0.25, 0.3) is 0 Å².